The highest BCUT2D eigenvalue weighted by molar-refractivity contribution is 8.00. The number of para-hydroxylation sites is 2. The Morgan fingerprint density at radius 1 is 0.871 bits per heavy atom. The highest BCUT2D eigenvalue weighted by Crippen LogP contribution is 2.29. The molecule has 0 aromatic heterocycles. The predicted molar refractivity (Wildman–Crippen MR) is 123 cm³/mol. The minimum Gasteiger partial charge on any atom is -0.495 e. The van der Waals surface area contributed by atoms with E-state index in [9.17, 15) is 8.78 Å². The number of nitrogens with one attached hydrogen (secondary N) is 1. The zero-order valence-corrected chi connectivity index (χ0v) is 18.2. The molecule has 0 bridgehead atoms. The lowest BCUT2D eigenvalue weighted by Crippen LogP contribution is -2.46. The van der Waals surface area contributed by atoms with Crippen LogP contribution in [0.4, 0.5) is 20.2 Å². The van der Waals surface area contributed by atoms with Crippen LogP contribution in [0.1, 0.15) is 5.56 Å². The lowest BCUT2D eigenvalue weighted by molar-refractivity contribution is 0.249. The molecular weight excluding hydrogens is 416 g/mol. The van der Waals surface area contributed by atoms with Crippen molar-refractivity contribution in [1.29, 1.82) is 0 Å². The van der Waals surface area contributed by atoms with Gasteiger partial charge in [0.25, 0.3) is 0 Å². The maximum Gasteiger partial charge on any atom is 0.142 e. The van der Waals surface area contributed by atoms with Crippen LogP contribution in [0.2, 0.25) is 0 Å². The summed E-state index contributed by atoms with van der Waals surface area (Å²) in [4.78, 5) is 4.76. The molecule has 0 unspecified atom stereocenters. The van der Waals surface area contributed by atoms with Crippen LogP contribution in [-0.4, -0.2) is 38.2 Å². The third-order valence-electron chi connectivity index (χ3n) is 5.35. The van der Waals surface area contributed by atoms with E-state index in [-0.39, 0.29) is 4.90 Å². The quantitative estimate of drug-likeness (QED) is 0.495. The van der Waals surface area contributed by atoms with Crippen molar-refractivity contribution in [2.24, 2.45) is 0 Å². The first-order valence-electron chi connectivity index (χ1n) is 10.2. The second-order valence-corrected chi connectivity index (χ2v) is 8.20. The second kappa shape index (κ2) is 10.0. The summed E-state index contributed by atoms with van der Waals surface area (Å²) in [6, 6.07) is 20.0. The molecule has 1 N–H and O–H groups in total. The Hall–Kier alpha value is -2.77. The molecule has 0 aliphatic carbocycles. The second-order valence-electron chi connectivity index (χ2n) is 7.39. The summed E-state index contributed by atoms with van der Waals surface area (Å²) in [7, 11) is 1.71. The molecule has 7 heteroatoms. The van der Waals surface area contributed by atoms with Crippen molar-refractivity contribution >= 4 is 23.3 Å². The van der Waals surface area contributed by atoms with Gasteiger partial charge in [0.15, 0.2) is 0 Å². The summed E-state index contributed by atoms with van der Waals surface area (Å²) < 4.78 is 36.0. The van der Waals surface area contributed by atoms with Crippen LogP contribution in [0.15, 0.2) is 71.6 Å². The molecule has 1 heterocycles. The molecule has 1 fully saturated rings. The fourth-order valence-electron chi connectivity index (χ4n) is 3.66. The number of nitrogens with zero attached hydrogens (tertiary/aromatic N) is 2. The average molecular weight is 442 g/mol. The topological polar surface area (TPSA) is 27.7 Å². The van der Waals surface area contributed by atoms with Crippen molar-refractivity contribution in [2.45, 2.75) is 11.4 Å². The van der Waals surface area contributed by atoms with Crippen molar-refractivity contribution in [2.75, 3.05) is 42.9 Å². The van der Waals surface area contributed by atoms with E-state index in [0.717, 1.165) is 61.8 Å². The molecule has 0 radical (unpaired) electrons. The molecular formula is C24H25F2N3OS. The van der Waals surface area contributed by atoms with Crippen molar-refractivity contribution in [1.82, 2.24) is 4.90 Å². The molecule has 1 aliphatic rings. The standard InChI is InChI=1S/C24H25F2N3OS/c1-30-23-8-3-2-7-22(23)29-15-13-28(14-16-29)17-18-9-11-19(12-10-18)27-31-24-20(25)5-4-6-21(24)26/h2-12,27H,13-17H2,1H3. The predicted octanol–water partition coefficient (Wildman–Crippen LogP) is 5.41. The summed E-state index contributed by atoms with van der Waals surface area (Å²) in [6.45, 7) is 4.71. The van der Waals surface area contributed by atoms with Gasteiger partial charge in [0.2, 0.25) is 0 Å². The van der Waals surface area contributed by atoms with Gasteiger partial charge < -0.3 is 14.4 Å². The average Bonchev–Trinajstić information content (AvgIpc) is 2.80. The molecule has 3 aromatic rings. The molecule has 4 rings (SSSR count). The van der Waals surface area contributed by atoms with Crippen molar-refractivity contribution in [3.05, 3.63) is 83.9 Å². The summed E-state index contributed by atoms with van der Waals surface area (Å²) in [5.74, 6) is -0.227. The normalized spacial score (nSPS) is 14.5. The van der Waals surface area contributed by atoms with Crippen LogP contribution in [0.25, 0.3) is 0 Å². The number of piperazine rings is 1. The smallest absolute Gasteiger partial charge is 0.142 e. The van der Waals surface area contributed by atoms with Crippen LogP contribution in [0, 0.1) is 11.6 Å². The third kappa shape index (κ3) is 5.29. The number of rotatable bonds is 7. The van der Waals surface area contributed by atoms with E-state index in [1.165, 1.54) is 23.8 Å². The molecule has 0 spiro atoms. The lowest BCUT2D eigenvalue weighted by Gasteiger charge is -2.36. The Labute approximate surface area is 186 Å². The van der Waals surface area contributed by atoms with Gasteiger partial charge in [-0.1, -0.05) is 30.3 Å². The minimum absolute atomic E-state index is 0.0282. The molecule has 0 atom stereocenters. The van der Waals surface area contributed by atoms with Crippen molar-refractivity contribution < 1.29 is 13.5 Å². The van der Waals surface area contributed by atoms with E-state index >= 15 is 0 Å². The van der Waals surface area contributed by atoms with Gasteiger partial charge in [-0.2, -0.15) is 0 Å². The van der Waals surface area contributed by atoms with Crippen LogP contribution in [0.5, 0.6) is 5.75 Å². The van der Waals surface area contributed by atoms with Gasteiger partial charge in [0.05, 0.1) is 17.7 Å². The molecule has 0 saturated carbocycles. The number of anilines is 2. The summed E-state index contributed by atoms with van der Waals surface area (Å²) >= 11 is 0.943. The number of ether oxygens (including phenoxy) is 1. The van der Waals surface area contributed by atoms with Crippen molar-refractivity contribution in [3.8, 4) is 5.75 Å². The van der Waals surface area contributed by atoms with Crippen LogP contribution < -0.4 is 14.4 Å². The molecule has 31 heavy (non-hydrogen) atoms. The molecule has 1 saturated heterocycles. The van der Waals surface area contributed by atoms with E-state index in [4.69, 9.17) is 4.74 Å². The summed E-state index contributed by atoms with van der Waals surface area (Å²) in [5.41, 5.74) is 3.15. The largest absolute Gasteiger partial charge is 0.495 e. The van der Waals surface area contributed by atoms with Crippen LogP contribution >= 0.6 is 11.9 Å². The van der Waals surface area contributed by atoms with Gasteiger partial charge in [0.1, 0.15) is 17.4 Å². The minimum atomic E-state index is -0.568. The number of methoxy groups -OCH3 is 1. The SMILES string of the molecule is COc1ccccc1N1CCN(Cc2ccc(NSc3c(F)cccc3F)cc2)CC1. The highest BCUT2D eigenvalue weighted by Gasteiger charge is 2.19. The molecule has 4 nitrogen and oxygen atoms in total. The summed E-state index contributed by atoms with van der Waals surface area (Å²) in [6.07, 6.45) is 0. The van der Waals surface area contributed by atoms with Crippen LogP contribution in [-0.2, 0) is 6.54 Å². The van der Waals surface area contributed by atoms with E-state index in [1.807, 2.05) is 42.5 Å². The Bertz CT molecular complexity index is 988. The first kappa shape index (κ1) is 21.5. The van der Waals surface area contributed by atoms with Gasteiger partial charge in [-0.15, -0.1) is 0 Å². The molecule has 162 valence electrons. The first-order chi connectivity index (χ1) is 15.1. The maximum atomic E-state index is 13.7. The Balaban J connectivity index is 1.29. The fourth-order valence-corrected chi connectivity index (χ4v) is 4.35. The zero-order valence-electron chi connectivity index (χ0n) is 17.4. The number of halogens is 2. The zero-order chi connectivity index (χ0) is 21.6. The molecule has 1 aliphatic heterocycles. The van der Waals surface area contributed by atoms with Gasteiger partial charge in [-0.3, -0.25) is 4.90 Å². The van der Waals surface area contributed by atoms with E-state index in [1.54, 1.807) is 7.11 Å². The third-order valence-corrected chi connectivity index (χ3v) is 6.28. The summed E-state index contributed by atoms with van der Waals surface area (Å²) in [5, 5.41) is 0. The van der Waals surface area contributed by atoms with Gasteiger partial charge in [0, 0.05) is 38.4 Å². The Morgan fingerprint density at radius 2 is 1.55 bits per heavy atom. The monoisotopic (exact) mass is 441 g/mol. The van der Waals surface area contributed by atoms with Crippen LogP contribution in [0.3, 0.4) is 0 Å². The van der Waals surface area contributed by atoms with Gasteiger partial charge in [-0.25, -0.2) is 8.78 Å². The highest BCUT2D eigenvalue weighted by atomic mass is 32.2. The van der Waals surface area contributed by atoms with Gasteiger partial charge >= 0.3 is 0 Å². The lowest BCUT2D eigenvalue weighted by atomic mass is 10.1. The number of benzene rings is 3. The fraction of sp³-hybridized carbons (Fsp3) is 0.250. The van der Waals surface area contributed by atoms with E-state index in [0.29, 0.717) is 0 Å². The molecule has 3 aromatic carbocycles. The van der Waals surface area contributed by atoms with E-state index < -0.39 is 11.6 Å². The van der Waals surface area contributed by atoms with Crippen molar-refractivity contribution in [3.63, 3.8) is 0 Å². The Morgan fingerprint density at radius 3 is 2.23 bits per heavy atom. The van der Waals surface area contributed by atoms with Gasteiger partial charge in [-0.05, 0) is 53.9 Å². The van der Waals surface area contributed by atoms with E-state index in [2.05, 4.69) is 20.6 Å². The Kier molecular flexibility index (Phi) is 6.94. The maximum absolute atomic E-state index is 13.7. The number of hydrogen-bond donors (Lipinski definition) is 1. The number of hydrogen-bond acceptors (Lipinski definition) is 5. The molecule has 0 amide bonds. The first-order valence-corrected chi connectivity index (χ1v) is 11.0.